The van der Waals surface area contributed by atoms with Gasteiger partial charge in [0.2, 0.25) is 0 Å². The van der Waals surface area contributed by atoms with Crippen LogP contribution in [-0.2, 0) is 11.3 Å². The minimum atomic E-state index is -0.0716. The summed E-state index contributed by atoms with van der Waals surface area (Å²) < 4.78 is 15.9. The Morgan fingerprint density at radius 2 is 2.17 bits per heavy atom. The van der Waals surface area contributed by atoms with Crippen LogP contribution in [0.25, 0.3) is 0 Å². The van der Waals surface area contributed by atoms with E-state index in [-0.39, 0.29) is 11.9 Å². The highest BCUT2D eigenvalue weighted by Gasteiger charge is 2.32. The Morgan fingerprint density at radius 1 is 1.30 bits per heavy atom. The number of amides is 1. The van der Waals surface area contributed by atoms with Gasteiger partial charge >= 0.3 is 0 Å². The molecule has 1 aromatic heterocycles. The standard InChI is InChI=1S/C18H21NO4/c1-21-12-15-8-9-17(23-15)18(20)19-10-4-7-16(19)13-5-3-6-14(11-13)22-2/h3,5-6,8-9,11,16H,4,7,10,12H2,1-2H3/t16-/m0/s1. The zero-order valence-corrected chi connectivity index (χ0v) is 13.5. The van der Waals surface area contributed by atoms with Crippen LogP contribution in [0.2, 0.25) is 0 Å². The third-order valence-corrected chi connectivity index (χ3v) is 4.15. The minimum Gasteiger partial charge on any atom is -0.497 e. The van der Waals surface area contributed by atoms with Crippen molar-refractivity contribution < 1.29 is 18.7 Å². The first-order valence-corrected chi connectivity index (χ1v) is 7.75. The van der Waals surface area contributed by atoms with Crippen molar-refractivity contribution in [2.24, 2.45) is 0 Å². The minimum absolute atomic E-state index is 0.0635. The SMILES string of the molecule is COCc1ccc(C(=O)N2CCC[C@H]2c2cccc(OC)c2)o1. The van der Waals surface area contributed by atoms with Crippen LogP contribution < -0.4 is 4.74 Å². The topological polar surface area (TPSA) is 51.9 Å². The summed E-state index contributed by atoms with van der Waals surface area (Å²) in [4.78, 5) is 14.6. The predicted octanol–water partition coefficient (Wildman–Crippen LogP) is 3.41. The molecule has 0 unspecified atom stereocenters. The fourth-order valence-corrected chi connectivity index (χ4v) is 3.06. The van der Waals surface area contributed by atoms with Gasteiger partial charge in [0, 0.05) is 13.7 Å². The molecular weight excluding hydrogens is 294 g/mol. The lowest BCUT2D eigenvalue weighted by molar-refractivity contribution is 0.0695. The number of hydrogen-bond donors (Lipinski definition) is 0. The van der Waals surface area contributed by atoms with Crippen molar-refractivity contribution in [1.82, 2.24) is 4.90 Å². The number of carbonyl (C=O) groups is 1. The highest BCUT2D eigenvalue weighted by atomic mass is 16.5. The third kappa shape index (κ3) is 3.24. The normalized spacial score (nSPS) is 17.5. The first kappa shape index (κ1) is 15.6. The maximum absolute atomic E-state index is 12.8. The number of carbonyl (C=O) groups excluding carboxylic acids is 1. The molecule has 1 saturated heterocycles. The summed E-state index contributed by atoms with van der Waals surface area (Å²) in [6.45, 7) is 1.10. The molecule has 0 aliphatic carbocycles. The molecule has 0 bridgehead atoms. The van der Waals surface area contributed by atoms with Gasteiger partial charge in [-0.1, -0.05) is 12.1 Å². The maximum Gasteiger partial charge on any atom is 0.290 e. The van der Waals surface area contributed by atoms with Crippen molar-refractivity contribution in [2.75, 3.05) is 20.8 Å². The molecule has 5 nitrogen and oxygen atoms in total. The largest absolute Gasteiger partial charge is 0.497 e. The molecule has 1 amide bonds. The number of methoxy groups -OCH3 is 2. The number of rotatable bonds is 5. The van der Waals surface area contributed by atoms with Gasteiger partial charge in [-0.05, 0) is 42.7 Å². The van der Waals surface area contributed by atoms with Gasteiger partial charge in [0.25, 0.3) is 5.91 Å². The third-order valence-electron chi connectivity index (χ3n) is 4.15. The fourth-order valence-electron chi connectivity index (χ4n) is 3.06. The summed E-state index contributed by atoms with van der Waals surface area (Å²) in [5, 5.41) is 0. The highest BCUT2D eigenvalue weighted by molar-refractivity contribution is 5.92. The van der Waals surface area contributed by atoms with Crippen LogP contribution >= 0.6 is 0 Å². The summed E-state index contributed by atoms with van der Waals surface area (Å²) >= 11 is 0. The van der Waals surface area contributed by atoms with Crippen molar-refractivity contribution in [3.05, 3.63) is 53.5 Å². The monoisotopic (exact) mass is 315 g/mol. The molecule has 0 radical (unpaired) electrons. The van der Waals surface area contributed by atoms with Crippen LogP contribution in [0.15, 0.2) is 40.8 Å². The molecule has 2 heterocycles. The van der Waals surface area contributed by atoms with E-state index in [9.17, 15) is 4.79 Å². The zero-order valence-electron chi connectivity index (χ0n) is 13.5. The van der Waals surface area contributed by atoms with Gasteiger partial charge in [-0.15, -0.1) is 0 Å². The average Bonchev–Trinajstić information content (AvgIpc) is 3.24. The van der Waals surface area contributed by atoms with Crippen molar-refractivity contribution in [3.63, 3.8) is 0 Å². The Morgan fingerprint density at radius 3 is 2.96 bits per heavy atom. The predicted molar refractivity (Wildman–Crippen MR) is 85.4 cm³/mol. The summed E-state index contributed by atoms with van der Waals surface area (Å²) in [7, 11) is 3.25. The second kappa shape index (κ2) is 6.87. The van der Waals surface area contributed by atoms with Gasteiger partial charge < -0.3 is 18.8 Å². The van der Waals surface area contributed by atoms with E-state index in [2.05, 4.69) is 0 Å². The first-order valence-electron chi connectivity index (χ1n) is 7.75. The first-order chi connectivity index (χ1) is 11.2. The maximum atomic E-state index is 12.8. The van der Waals surface area contributed by atoms with E-state index in [4.69, 9.17) is 13.9 Å². The molecule has 2 aromatic rings. The lowest BCUT2D eigenvalue weighted by Crippen LogP contribution is -2.30. The number of ether oxygens (including phenoxy) is 2. The Kier molecular flexibility index (Phi) is 4.67. The van der Waals surface area contributed by atoms with Crippen LogP contribution in [0.1, 0.15) is 40.8 Å². The number of hydrogen-bond acceptors (Lipinski definition) is 4. The van der Waals surface area contributed by atoms with Crippen LogP contribution in [0.4, 0.5) is 0 Å². The summed E-state index contributed by atoms with van der Waals surface area (Å²) in [6, 6.07) is 11.5. The van der Waals surface area contributed by atoms with Gasteiger partial charge in [0.1, 0.15) is 18.1 Å². The van der Waals surface area contributed by atoms with E-state index < -0.39 is 0 Å². The van der Waals surface area contributed by atoms with E-state index in [1.165, 1.54) is 0 Å². The average molecular weight is 315 g/mol. The van der Waals surface area contributed by atoms with Crippen LogP contribution in [0.3, 0.4) is 0 Å². The molecule has 0 N–H and O–H groups in total. The van der Waals surface area contributed by atoms with E-state index in [1.54, 1.807) is 26.4 Å². The fraction of sp³-hybridized carbons (Fsp3) is 0.389. The number of nitrogens with zero attached hydrogens (tertiary/aromatic N) is 1. The van der Waals surface area contributed by atoms with Crippen LogP contribution in [-0.4, -0.2) is 31.6 Å². The van der Waals surface area contributed by atoms with Gasteiger partial charge in [-0.2, -0.15) is 0 Å². The molecule has 1 aliphatic heterocycles. The van der Waals surface area contributed by atoms with E-state index in [0.717, 1.165) is 30.7 Å². The summed E-state index contributed by atoms with van der Waals surface area (Å²) in [6.07, 6.45) is 1.93. The van der Waals surface area contributed by atoms with Crippen molar-refractivity contribution >= 4 is 5.91 Å². The van der Waals surface area contributed by atoms with Crippen molar-refractivity contribution in [3.8, 4) is 5.75 Å². The van der Waals surface area contributed by atoms with Gasteiger partial charge in [0.15, 0.2) is 5.76 Å². The van der Waals surface area contributed by atoms with Crippen LogP contribution in [0.5, 0.6) is 5.75 Å². The molecule has 1 aliphatic rings. The highest BCUT2D eigenvalue weighted by Crippen LogP contribution is 2.34. The Balaban J connectivity index is 1.81. The molecule has 5 heteroatoms. The molecular formula is C18H21NO4. The molecule has 23 heavy (non-hydrogen) atoms. The smallest absolute Gasteiger partial charge is 0.290 e. The Labute approximate surface area is 135 Å². The Hall–Kier alpha value is -2.27. The van der Waals surface area contributed by atoms with E-state index in [0.29, 0.717) is 18.1 Å². The summed E-state index contributed by atoms with van der Waals surface area (Å²) in [5.74, 6) is 1.76. The van der Waals surface area contributed by atoms with Crippen LogP contribution in [0, 0.1) is 0 Å². The Bertz CT molecular complexity index is 679. The van der Waals surface area contributed by atoms with Crippen molar-refractivity contribution in [1.29, 1.82) is 0 Å². The van der Waals surface area contributed by atoms with E-state index >= 15 is 0 Å². The number of likely N-dealkylation sites (tertiary alicyclic amines) is 1. The lowest BCUT2D eigenvalue weighted by atomic mass is 10.0. The second-order valence-corrected chi connectivity index (χ2v) is 5.63. The molecule has 3 rings (SSSR count). The summed E-state index contributed by atoms with van der Waals surface area (Å²) in [5.41, 5.74) is 1.10. The zero-order chi connectivity index (χ0) is 16.2. The van der Waals surface area contributed by atoms with E-state index in [1.807, 2.05) is 29.2 Å². The van der Waals surface area contributed by atoms with Gasteiger partial charge in [-0.25, -0.2) is 0 Å². The lowest BCUT2D eigenvalue weighted by Gasteiger charge is -2.24. The number of furan rings is 1. The van der Waals surface area contributed by atoms with Gasteiger partial charge in [0.05, 0.1) is 13.2 Å². The molecule has 0 spiro atoms. The molecule has 1 atom stereocenters. The molecule has 1 fully saturated rings. The van der Waals surface area contributed by atoms with Gasteiger partial charge in [-0.3, -0.25) is 4.79 Å². The quantitative estimate of drug-likeness (QED) is 0.848. The second-order valence-electron chi connectivity index (χ2n) is 5.63. The molecule has 122 valence electrons. The molecule has 1 aromatic carbocycles. The van der Waals surface area contributed by atoms with Crippen molar-refractivity contribution in [2.45, 2.75) is 25.5 Å². The molecule has 0 saturated carbocycles. The number of benzene rings is 1.